The first kappa shape index (κ1) is 13.7. The molecule has 2 aromatic rings. The Kier molecular flexibility index (Phi) is 3.74. The van der Waals surface area contributed by atoms with E-state index in [-0.39, 0.29) is 23.7 Å². The van der Waals surface area contributed by atoms with Gasteiger partial charge in [0.2, 0.25) is 5.82 Å². The summed E-state index contributed by atoms with van der Waals surface area (Å²) in [7, 11) is 0. The van der Waals surface area contributed by atoms with E-state index >= 15 is 0 Å². The zero-order valence-corrected chi connectivity index (χ0v) is 10.9. The van der Waals surface area contributed by atoms with Crippen molar-refractivity contribution in [3.8, 4) is 5.82 Å². The number of esters is 1. The maximum atomic E-state index is 11.5. The minimum absolute atomic E-state index is 0.0607. The SMILES string of the molecule is CCOC(=O)c1cnn(-c2nc(C)ccc2[N+](=O)[O-])c1. The Bertz CT molecular complexity index is 665. The molecule has 0 unspecified atom stereocenters. The molecule has 2 aromatic heterocycles. The molecular formula is C12H12N4O4. The Morgan fingerprint density at radius 2 is 2.25 bits per heavy atom. The summed E-state index contributed by atoms with van der Waals surface area (Å²) in [6.07, 6.45) is 2.64. The summed E-state index contributed by atoms with van der Waals surface area (Å²) in [5.41, 5.74) is 0.636. The van der Waals surface area contributed by atoms with Crippen molar-refractivity contribution in [3.05, 3.63) is 45.9 Å². The smallest absolute Gasteiger partial charge is 0.341 e. The van der Waals surface area contributed by atoms with Crippen molar-refractivity contribution >= 4 is 11.7 Å². The molecular weight excluding hydrogens is 264 g/mol. The van der Waals surface area contributed by atoms with Gasteiger partial charge in [0, 0.05) is 18.0 Å². The van der Waals surface area contributed by atoms with Crippen LogP contribution in [0, 0.1) is 17.0 Å². The van der Waals surface area contributed by atoms with Gasteiger partial charge in [0.15, 0.2) is 0 Å². The number of nitro groups is 1. The van der Waals surface area contributed by atoms with Crippen molar-refractivity contribution in [2.24, 2.45) is 0 Å². The first-order chi connectivity index (χ1) is 9.52. The van der Waals surface area contributed by atoms with Crippen LogP contribution in [0.2, 0.25) is 0 Å². The Labute approximate surface area is 114 Å². The third-order valence-electron chi connectivity index (χ3n) is 2.50. The van der Waals surface area contributed by atoms with Gasteiger partial charge in [-0.1, -0.05) is 0 Å². The molecule has 0 bridgehead atoms. The highest BCUT2D eigenvalue weighted by Crippen LogP contribution is 2.20. The Hall–Kier alpha value is -2.77. The second-order valence-corrected chi connectivity index (χ2v) is 3.95. The van der Waals surface area contributed by atoms with Crippen molar-refractivity contribution in [2.45, 2.75) is 13.8 Å². The van der Waals surface area contributed by atoms with Gasteiger partial charge in [0.1, 0.15) is 0 Å². The number of nitrogens with zero attached hydrogens (tertiary/aromatic N) is 4. The van der Waals surface area contributed by atoms with Crippen LogP contribution in [0.5, 0.6) is 0 Å². The monoisotopic (exact) mass is 276 g/mol. The van der Waals surface area contributed by atoms with E-state index in [1.54, 1.807) is 13.8 Å². The van der Waals surface area contributed by atoms with Crippen LogP contribution in [-0.4, -0.2) is 32.3 Å². The molecule has 0 aliphatic heterocycles. The number of aromatic nitrogens is 3. The van der Waals surface area contributed by atoms with Crippen molar-refractivity contribution < 1.29 is 14.5 Å². The number of ether oxygens (including phenoxy) is 1. The molecule has 104 valence electrons. The van der Waals surface area contributed by atoms with Crippen LogP contribution < -0.4 is 0 Å². The van der Waals surface area contributed by atoms with Gasteiger partial charge in [-0.05, 0) is 19.9 Å². The number of hydrogen-bond acceptors (Lipinski definition) is 6. The van der Waals surface area contributed by atoms with Gasteiger partial charge in [0.05, 0.1) is 23.3 Å². The molecule has 8 nitrogen and oxygen atoms in total. The summed E-state index contributed by atoms with van der Waals surface area (Å²) >= 11 is 0. The van der Waals surface area contributed by atoms with E-state index in [1.165, 1.54) is 29.2 Å². The van der Waals surface area contributed by atoms with E-state index < -0.39 is 10.9 Å². The first-order valence-corrected chi connectivity index (χ1v) is 5.87. The topological polar surface area (TPSA) is 100 Å². The first-order valence-electron chi connectivity index (χ1n) is 5.87. The van der Waals surface area contributed by atoms with Gasteiger partial charge in [-0.2, -0.15) is 5.10 Å². The lowest BCUT2D eigenvalue weighted by molar-refractivity contribution is -0.385. The van der Waals surface area contributed by atoms with E-state index in [2.05, 4.69) is 10.1 Å². The molecule has 2 heterocycles. The standard InChI is InChI=1S/C12H12N4O4/c1-3-20-12(17)9-6-13-15(7-9)11-10(16(18)19)5-4-8(2)14-11/h4-7H,3H2,1-2H3. The van der Waals surface area contributed by atoms with Crippen LogP contribution in [0.25, 0.3) is 5.82 Å². The molecule has 0 aliphatic rings. The second kappa shape index (κ2) is 5.47. The van der Waals surface area contributed by atoms with Crippen molar-refractivity contribution in [1.82, 2.24) is 14.8 Å². The maximum absolute atomic E-state index is 11.5. The highest BCUT2D eigenvalue weighted by Gasteiger charge is 2.19. The molecule has 0 radical (unpaired) electrons. The molecule has 20 heavy (non-hydrogen) atoms. The van der Waals surface area contributed by atoms with Gasteiger partial charge in [-0.3, -0.25) is 10.1 Å². The van der Waals surface area contributed by atoms with Gasteiger partial charge < -0.3 is 4.74 Å². The van der Waals surface area contributed by atoms with Crippen molar-refractivity contribution in [3.63, 3.8) is 0 Å². The number of aryl methyl sites for hydroxylation is 1. The molecule has 0 aromatic carbocycles. The number of carbonyl (C=O) groups excluding carboxylic acids is 1. The predicted molar refractivity (Wildman–Crippen MR) is 68.7 cm³/mol. The van der Waals surface area contributed by atoms with E-state index in [4.69, 9.17) is 4.74 Å². The van der Waals surface area contributed by atoms with Crippen LogP contribution in [0.4, 0.5) is 5.69 Å². The fraction of sp³-hybridized carbons (Fsp3) is 0.250. The van der Waals surface area contributed by atoms with Crippen LogP contribution >= 0.6 is 0 Å². The minimum atomic E-state index is -0.548. The summed E-state index contributed by atoms with van der Waals surface area (Å²) < 4.78 is 6.02. The quantitative estimate of drug-likeness (QED) is 0.478. The molecule has 0 saturated carbocycles. The van der Waals surface area contributed by atoms with Gasteiger partial charge in [-0.25, -0.2) is 14.5 Å². The maximum Gasteiger partial charge on any atom is 0.341 e. The van der Waals surface area contributed by atoms with Gasteiger partial charge >= 0.3 is 11.7 Å². The lowest BCUT2D eigenvalue weighted by atomic mass is 10.3. The van der Waals surface area contributed by atoms with Gasteiger partial charge in [-0.15, -0.1) is 0 Å². The molecule has 2 rings (SSSR count). The second-order valence-electron chi connectivity index (χ2n) is 3.95. The van der Waals surface area contributed by atoms with Crippen LogP contribution in [0.1, 0.15) is 23.0 Å². The molecule has 0 amide bonds. The average Bonchev–Trinajstić information content (AvgIpc) is 2.88. The molecule has 0 spiro atoms. The summed E-state index contributed by atoms with van der Waals surface area (Å²) in [6, 6.07) is 2.89. The number of hydrogen-bond donors (Lipinski definition) is 0. The van der Waals surface area contributed by atoms with Crippen molar-refractivity contribution in [2.75, 3.05) is 6.61 Å². The van der Waals surface area contributed by atoms with E-state index in [9.17, 15) is 14.9 Å². The Morgan fingerprint density at radius 3 is 2.90 bits per heavy atom. The average molecular weight is 276 g/mol. The zero-order chi connectivity index (χ0) is 14.7. The van der Waals surface area contributed by atoms with Crippen LogP contribution in [0.3, 0.4) is 0 Å². The fourth-order valence-corrected chi connectivity index (χ4v) is 1.61. The molecule has 0 saturated heterocycles. The van der Waals surface area contributed by atoms with E-state index in [0.29, 0.717) is 5.69 Å². The minimum Gasteiger partial charge on any atom is -0.462 e. The number of pyridine rings is 1. The normalized spacial score (nSPS) is 10.3. The highest BCUT2D eigenvalue weighted by atomic mass is 16.6. The molecule has 0 aliphatic carbocycles. The van der Waals surface area contributed by atoms with Crippen LogP contribution in [-0.2, 0) is 4.74 Å². The highest BCUT2D eigenvalue weighted by molar-refractivity contribution is 5.88. The molecule has 0 fully saturated rings. The van der Waals surface area contributed by atoms with Crippen LogP contribution in [0.15, 0.2) is 24.5 Å². The van der Waals surface area contributed by atoms with Crippen molar-refractivity contribution in [1.29, 1.82) is 0 Å². The lowest BCUT2D eigenvalue weighted by Gasteiger charge is -2.02. The molecule has 0 atom stereocenters. The largest absolute Gasteiger partial charge is 0.462 e. The fourth-order valence-electron chi connectivity index (χ4n) is 1.61. The zero-order valence-electron chi connectivity index (χ0n) is 10.9. The third-order valence-corrected chi connectivity index (χ3v) is 2.50. The molecule has 8 heteroatoms. The van der Waals surface area contributed by atoms with E-state index in [0.717, 1.165) is 0 Å². The predicted octanol–water partition coefficient (Wildman–Crippen LogP) is 1.66. The summed E-state index contributed by atoms with van der Waals surface area (Å²) in [5.74, 6) is -0.473. The summed E-state index contributed by atoms with van der Waals surface area (Å²) in [6.45, 7) is 3.64. The number of rotatable bonds is 4. The Balaban J connectivity index is 2.44. The summed E-state index contributed by atoms with van der Waals surface area (Å²) in [5, 5.41) is 14.9. The Morgan fingerprint density at radius 1 is 1.50 bits per heavy atom. The number of carbonyl (C=O) groups is 1. The third kappa shape index (κ3) is 2.63. The van der Waals surface area contributed by atoms with Gasteiger partial charge in [0.25, 0.3) is 0 Å². The molecule has 0 N–H and O–H groups in total. The summed E-state index contributed by atoms with van der Waals surface area (Å²) in [4.78, 5) is 26.1. The lowest BCUT2D eigenvalue weighted by Crippen LogP contribution is -2.05. The van der Waals surface area contributed by atoms with E-state index in [1.807, 2.05) is 0 Å².